The van der Waals surface area contributed by atoms with Gasteiger partial charge in [0.05, 0.1) is 31.5 Å². The normalized spacial score (nSPS) is 32.4. The van der Waals surface area contributed by atoms with E-state index in [1.807, 2.05) is 4.90 Å². The molecule has 1 aliphatic heterocycles. The zero-order valence-corrected chi connectivity index (χ0v) is 11.8. The number of morpholine rings is 1. The van der Waals surface area contributed by atoms with Crippen molar-refractivity contribution >= 4 is 5.91 Å². The van der Waals surface area contributed by atoms with E-state index in [-0.39, 0.29) is 17.6 Å². The summed E-state index contributed by atoms with van der Waals surface area (Å²) in [6, 6.07) is 0. The zero-order valence-electron chi connectivity index (χ0n) is 11.8. The Morgan fingerprint density at radius 2 is 2.33 bits per heavy atom. The monoisotopic (exact) mass is 255 g/mol. The second-order valence-corrected chi connectivity index (χ2v) is 5.83. The van der Waals surface area contributed by atoms with Gasteiger partial charge in [0, 0.05) is 19.4 Å². The van der Waals surface area contributed by atoms with Crippen molar-refractivity contribution in [3.63, 3.8) is 0 Å². The molecule has 104 valence electrons. The fraction of sp³-hybridized carbons (Fsp3) is 0.929. The molecule has 1 amide bonds. The molecule has 0 radical (unpaired) electrons. The van der Waals surface area contributed by atoms with Crippen molar-refractivity contribution in [2.45, 2.75) is 51.7 Å². The van der Waals surface area contributed by atoms with E-state index in [4.69, 9.17) is 9.47 Å². The van der Waals surface area contributed by atoms with Gasteiger partial charge in [-0.15, -0.1) is 0 Å². The first-order valence-electron chi connectivity index (χ1n) is 7.04. The molecule has 0 bridgehead atoms. The quantitative estimate of drug-likeness (QED) is 0.772. The Labute approximate surface area is 110 Å². The van der Waals surface area contributed by atoms with E-state index in [0.29, 0.717) is 12.5 Å². The molecule has 1 saturated heterocycles. The predicted octanol–water partition coefficient (Wildman–Crippen LogP) is 1.83. The first-order valence-corrected chi connectivity index (χ1v) is 7.04. The van der Waals surface area contributed by atoms with Gasteiger partial charge in [-0.3, -0.25) is 4.79 Å². The van der Waals surface area contributed by atoms with Crippen LogP contribution in [0, 0.1) is 5.92 Å². The molecule has 4 nitrogen and oxygen atoms in total. The summed E-state index contributed by atoms with van der Waals surface area (Å²) in [7, 11) is 0. The Kier molecular flexibility index (Phi) is 4.28. The summed E-state index contributed by atoms with van der Waals surface area (Å²) in [6.07, 6.45) is 3.65. The third-order valence-corrected chi connectivity index (χ3v) is 4.18. The lowest BCUT2D eigenvalue weighted by molar-refractivity contribution is -0.161. The molecule has 1 saturated carbocycles. The van der Waals surface area contributed by atoms with Crippen LogP contribution in [0.1, 0.15) is 40.0 Å². The molecule has 0 N–H and O–H groups in total. The van der Waals surface area contributed by atoms with Gasteiger partial charge >= 0.3 is 0 Å². The maximum Gasteiger partial charge on any atom is 0.219 e. The van der Waals surface area contributed by atoms with Gasteiger partial charge in [0.1, 0.15) is 0 Å². The van der Waals surface area contributed by atoms with Crippen molar-refractivity contribution in [2.75, 3.05) is 26.3 Å². The first kappa shape index (κ1) is 13.8. The number of carbonyl (C=O) groups is 1. The number of amides is 1. The lowest BCUT2D eigenvalue weighted by Gasteiger charge is -2.44. The van der Waals surface area contributed by atoms with Gasteiger partial charge in [-0.05, 0) is 26.7 Å². The van der Waals surface area contributed by atoms with Crippen LogP contribution in [0.15, 0.2) is 0 Å². The van der Waals surface area contributed by atoms with Gasteiger partial charge in [0.15, 0.2) is 0 Å². The Morgan fingerprint density at radius 3 is 3.00 bits per heavy atom. The van der Waals surface area contributed by atoms with E-state index >= 15 is 0 Å². The molecule has 0 aromatic rings. The van der Waals surface area contributed by atoms with Crippen molar-refractivity contribution in [1.82, 2.24) is 4.90 Å². The number of carbonyl (C=O) groups excluding carboxylic acids is 1. The van der Waals surface area contributed by atoms with E-state index in [2.05, 4.69) is 13.8 Å². The lowest BCUT2D eigenvalue weighted by Crippen LogP contribution is -2.55. The van der Waals surface area contributed by atoms with Gasteiger partial charge in [0.2, 0.25) is 5.91 Å². The van der Waals surface area contributed by atoms with Crippen LogP contribution in [0.4, 0.5) is 0 Å². The number of nitrogens with zero attached hydrogens (tertiary/aromatic N) is 1. The maximum atomic E-state index is 11.6. The molecule has 2 rings (SSSR count). The molecule has 2 aliphatic rings. The fourth-order valence-electron chi connectivity index (χ4n) is 3.13. The summed E-state index contributed by atoms with van der Waals surface area (Å²) in [5, 5.41) is 0. The highest BCUT2D eigenvalue weighted by Gasteiger charge is 2.47. The summed E-state index contributed by atoms with van der Waals surface area (Å²) in [4.78, 5) is 13.5. The summed E-state index contributed by atoms with van der Waals surface area (Å²) < 4.78 is 11.8. The van der Waals surface area contributed by atoms with Crippen LogP contribution in [-0.4, -0.2) is 48.8 Å². The molecule has 18 heavy (non-hydrogen) atoms. The molecule has 0 aromatic heterocycles. The minimum atomic E-state index is -0.140. The Hall–Kier alpha value is -0.610. The minimum Gasteiger partial charge on any atom is -0.378 e. The molecule has 2 fully saturated rings. The van der Waals surface area contributed by atoms with E-state index in [1.165, 1.54) is 6.42 Å². The van der Waals surface area contributed by atoms with Gasteiger partial charge in [-0.25, -0.2) is 0 Å². The maximum absolute atomic E-state index is 11.6. The number of rotatable bonds is 3. The number of hydrogen-bond donors (Lipinski definition) is 0. The molecule has 4 heteroatoms. The molecule has 2 atom stereocenters. The zero-order chi connectivity index (χ0) is 13.2. The van der Waals surface area contributed by atoms with E-state index < -0.39 is 0 Å². The van der Waals surface area contributed by atoms with Gasteiger partial charge in [-0.2, -0.15) is 0 Å². The van der Waals surface area contributed by atoms with Crippen molar-refractivity contribution in [3.8, 4) is 0 Å². The summed E-state index contributed by atoms with van der Waals surface area (Å²) in [6.45, 7) is 8.66. The third kappa shape index (κ3) is 2.86. The molecule has 1 heterocycles. The standard InChI is InChI=1S/C14H25NO3/c1-11(2)17-9-13-5-4-6-14(13)10-15(12(3)16)7-8-18-14/h11,13H,4-10H2,1-3H3/t13-,14+/m0/s1. The largest absolute Gasteiger partial charge is 0.378 e. The smallest absolute Gasteiger partial charge is 0.219 e. The summed E-state index contributed by atoms with van der Waals surface area (Å²) in [5.41, 5.74) is -0.140. The fourth-order valence-corrected chi connectivity index (χ4v) is 3.13. The Morgan fingerprint density at radius 1 is 1.56 bits per heavy atom. The highest BCUT2D eigenvalue weighted by molar-refractivity contribution is 5.73. The van der Waals surface area contributed by atoms with E-state index in [0.717, 1.165) is 32.5 Å². The molecule has 0 aromatic carbocycles. The predicted molar refractivity (Wildman–Crippen MR) is 69.4 cm³/mol. The summed E-state index contributed by atoms with van der Waals surface area (Å²) in [5.74, 6) is 0.593. The average Bonchev–Trinajstić information content (AvgIpc) is 2.69. The Bertz CT molecular complexity index is 305. The second kappa shape index (κ2) is 5.57. The second-order valence-electron chi connectivity index (χ2n) is 5.83. The van der Waals surface area contributed by atoms with Crippen LogP contribution >= 0.6 is 0 Å². The van der Waals surface area contributed by atoms with Crippen molar-refractivity contribution < 1.29 is 14.3 Å². The van der Waals surface area contributed by atoms with Gasteiger partial charge in [-0.1, -0.05) is 6.42 Å². The van der Waals surface area contributed by atoms with Crippen molar-refractivity contribution in [3.05, 3.63) is 0 Å². The van der Waals surface area contributed by atoms with E-state index in [1.54, 1.807) is 6.92 Å². The van der Waals surface area contributed by atoms with Crippen LogP contribution in [0.3, 0.4) is 0 Å². The third-order valence-electron chi connectivity index (χ3n) is 4.18. The molecular weight excluding hydrogens is 230 g/mol. The van der Waals surface area contributed by atoms with Crippen molar-refractivity contribution in [1.29, 1.82) is 0 Å². The minimum absolute atomic E-state index is 0.140. The first-order chi connectivity index (χ1) is 8.53. The highest BCUT2D eigenvalue weighted by Crippen LogP contribution is 2.41. The van der Waals surface area contributed by atoms with Crippen molar-refractivity contribution in [2.24, 2.45) is 5.92 Å². The molecule has 0 unspecified atom stereocenters. The number of ether oxygens (including phenoxy) is 2. The van der Waals surface area contributed by atoms with Gasteiger partial charge < -0.3 is 14.4 Å². The topological polar surface area (TPSA) is 38.8 Å². The van der Waals surface area contributed by atoms with Crippen LogP contribution < -0.4 is 0 Å². The Balaban J connectivity index is 2.01. The number of hydrogen-bond acceptors (Lipinski definition) is 3. The molecular formula is C14H25NO3. The van der Waals surface area contributed by atoms with Gasteiger partial charge in [0.25, 0.3) is 0 Å². The molecule has 1 spiro atoms. The average molecular weight is 255 g/mol. The van der Waals surface area contributed by atoms with Crippen LogP contribution in [0.5, 0.6) is 0 Å². The highest BCUT2D eigenvalue weighted by atomic mass is 16.5. The van der Waals surface area contributed by atoms with E-state index in [9.17, 15) is 4.79 Å². The van der Waals surface area contributed by atoms with Crippen LogP contribution in [0.2, 0.25) is 0 Å². The molecule has 1 aliphatic carbocycles. The SMILES string of the molecule is CC(=O)N1CCO[C@]2(CCC[C@H]2COC(C)C)C1. The van der Waals surface area contributed by atoms with Crippen LogP contribution in [-0.2, 0) is 14.3 Å². The summed E-state index contributed by atoms with van der Waals surface area (Å²) >= 11 is 0. The lowest BCUT2D eigenvalue weighted by atomic mass is 9.89. The van der Waals surface area contributed by atoms with Crippen LogP contribution in [0.25, 0.3) is 0 Å².